The van der Waals surface area contributed by atoms with Crippen LogP contribution in [0.25, 0.3) is 0 Å². The summed E-state index contributed by atoms with van der Waals surface area (Å²) in [6, 6.07) is -1.04. The number of carboxylic acids is 1. The minimum absolute atomic E-state index is 0. The van der Waals surface area contributed by atoms with Crippen molar-refractivity contribution in [3.63, 3.8) is 0 Å². The van der Waals surface area contributed by atoms with Crippen LogP contribution in [-0.4, -0.2) is 39.9 Å². The van der Waals surface area contributed by atoms with E-state index in [0.717, 1.165) is 6.21 Å². The van der Waals surface area contributed by atoms with Crippen molar-refractivity contribution in [2.75, 3.05) is 0 Å². The zero-order chi connectivity index (χ0) is 9.35. The van der Waals surface area contributed by atoms with Crippen molar-refractivity contribution in [2.45, 2.75) is 18.1 Å². The molecule has 2 atom stereocenters. The number of aliphatic imine (C=N–C) groups is 1. The van der Waals surface area contributed by atoms with Gasteiger partial charge in [-0.05, 0) is 5.90 Å². The van der Waals surface area contributed by atoms with Gasteiger partial charge in [0.25, 0.3) is 0 Å². The van der Waals surface area contributed by atoms with Gasteiger partial charge in [-0.2, -0.15) is 0 Å². The molecule has 1 aliphatic heterocycles. The van der Waals surface area contributed by atoms with E-state index in [1.54, 1.807) is 0 Å². The smallest absolute Gasteiger partial charge is 0.861 e. The number of hydrogen-bond acceptors (Lipinski definition) is 5. The van der Waals surface area contributed by atoms with Gasteiger partial charge in [0.05, 0.1) is 6.04 Å². The second kappa shape index (κ2) is 4.62. The molecule has 0 aromatic carbocycles. The third kappa shape index (κ3) is 2.83. The summed E-state index contributed by atoms with van der Waals surface area (Å²) in [6.45, 7) is 0. The first kappa shape index (κ1) is 13.2. The van der Waals surface area contributed by atoms with Gasteiger partial charge in [-0.15, -0.1) is 0 Å². The molecule has 7 heteroatoms. The summed E-state index contributed by atoms with van der Waals surface area (Å²) in [6.07, 6.45) is 0.455. The minimum atomic E-state index is -2.07. The molecule has 0 radical (unpaired) electrons. The Hall–Kier alpha value is 0.206. The zero-order valence-corrected chi connectivity index (χ0v) is 10.1. The molecule has 0 bridgehead atoms. The molecule has 0 aromatic rings. The molecule has 1 rings (SSSR count). The number of carboxylic acid groups (broad SMARTS) is 1. The van der Waals surface area contributed by atoms with Crippen molar-refractivity contribution < 1.29 is 71.5 Å². The molecule has 6 nitrogen and oxygen atoms in total. The van der Waals surface area contributed by atoms with Crippen LogP contribution < -0.4 is 56.5 Å². The molecule has 0 aliphatic carbocycles. The van der Waals surface area contributed by atoms with E-state index in [9.17, 15) is 15.0 Å². The normalized spacial score (nSPS) is 31.0. The maximum Gasteiger partial charge on any atom is 1.00 e. The average molecular weight is 210 g/mol. The third-order valence-corrected chi connectivity index (χ3v) is 1.65. The van der Waals surface area contributed by atoms with E-state index >= 15 is 0 Å². The van der Waals surface area contributed by atoms with Gasteiger partial charge < -0.3 is 20.7 Å². The van der Waals surface area contributed by atoms with Gasteiger partial charge in [0.2, 0.25) is 0 Å². The van der Waals surface area contributed by atoms with E-state index in [2.05, 4.69) is 4.99 Å². The summed E-state index contributed by atoms with van der Waals surface area (Å²) in [5.41, 5.74) is -2.07. The van der Waals surface area contributed by atoms with E-state index < -0.39 is 23.5 Å². The summed E-state index contributed by atoms with van der Waals surface area (Å²) < 4.78 is 0. The molecule has 0 fully saturated rings. The molecule has 0 amide bonds. The summed E-state index contributed by atoms with van der Waals surface area (Å²) >= 11 is 0. The number of nitrogens with one attached hydrogen (secondary N) is 1. The molecular weight excluding hydrogens is 203 g/mol. The van der Waals surface area contributed by atoms with Gasteiger partial charge in [-0.1, -0.05) is 0 Å². The molecule has 1 aliphatic rings. The van der Waals surface area contributed by atoms with Crippen LogP contribution >= 0.6 is 0 Å². The number of aliphatic carboxylic acids is 1. The molecule has 13 heavy (non-hydrogen) atoms. The topological polar surface area (TPSA) is 117 Å². The van der Waals surface area contributed by atoms with Crippen LogP contribution in [-0.2, 0) is 4.79 Å². The van der Waals surface area contributed by atoms with Crippen molar-refractivity contribution in [1.82, 2.24) is 0 Å². The van der Waals surface area contributed by atoms with Gasteiger partial charge in [0.15, 0.2) is 5.60 Å². The van der Waals surface area contributed by atoms with Crippen LogP contribution in [0.2, 0.25) is 0 Å². The predicted octanol–water partition coefficient (Wildman–Crippen LogP) is -5.01. The Morgan fingerprint density at radius 3 is 2.54 bits per heavy atom. The number of rotatable bonds is 2. The summed E-state index contributed by atoms with van der Waals surface area (Å²) in [5.74, 6) is -2.43. The van der Waals surface area contributed by atoms with Gasteiger partial charge in [0.1, 0.15) is 0 Å². The quantitative estimate of drug-likeness (QED) is 0.240. The van der Waals surface area contributed by atoms with Crippen molar-refractivity contribution in [3.05, 3.63) is 0 Å². The Kier molecular flexibility index (Phi) is 4.70. The Labute approximate surface area is 117 Å². The number of aliphatic hydroxyl groups is 1. The maximum atomic E-state index is 10.4. The Balaban J connectivity index is 0.00000144. The van der Waals surface area contributed by atoms with Crippen molar-refractivity contribution in [3.8, 4) is 0 Å². The first-order valence-corrected chi connectivity index (χ1v) is 3.21. The van der Waals surface area contributed by atoms with Gasteiger partial charge in [0, 0.05) is 12.6 Å². The van der Waals surface area contributed by atoms with Gasteiger partial charge in [-0.3, -0.25) is 4.99 Å². The third-order valence-electron chi connectivity index (χ3n) is 1.65. The maximum absolute atomic E-state index is 10.4. The summed E-state index contributed by atoms with van der Waals surface area (Å²) in [7, 11) is 0. The van der Waals surface area contributed by atoms with Crippen LogP contribution in [0.4, 0.5) is 0 Å². The fourth-order valence-electron chi connectivity index (χ4n) is 0.916. The van der Waals surface area contributed by atoms with Gasteiger partial charge >= 0.3 is 57.4 Å². The standard InChI is InChI=1S/C6H8N2O4.K/c7-4(9)3-1-6(12,2-8-3)5(10)11;/h2-3,12H,1H2,(H2,7,9)(H,10,11);/q;+1/p-1. The van der Waals surface area contributed by atoms with E-state index in [1.165, 1.54) is 0 Å². The molecule has 1 heterocycles. The zero-order valence-electron chi connectivity index (χ0n) is 7.02. The van der Waals surface area contributed by atoms with Crippen LogP contribution in [0.1, 0.15) is 6.42 Å². The molecule has 0 saturated heterocycles. The van der Waals surface area contributed by atoms with Crippen molar-refractivity contribution >= 4 is 18.1 Å². The molecule has 0 saturated carbocycles. The Bertz CT molecular complexity index is 267. The molecule has 0 spiro atoms. The Morgan fingerprint density at radius 1 is 1.77 bits per heavy atom. The molecule has 66 valence electrons. The SMILES string of the molecule is N=C([O-])C1CC(O)(C(=O)O)C=N1.[K+]. The summed E-state index contributed by atoms with van der Waals surface area (Å²) in [4.78, 5) is 13.8. The predicted molar refractivity (Wildman–Crippen MR) is 37.2 cm³/mol. The second-order valence-electron chi connectivity index (χ2n) is 2.59. The fourth-order valence-corrected chi connectivity index (χ4v) is 0.916. The monoisotopic (exact) mass is 210 g/mol. The van der Waals surface area contributed by atoms with Crippen LogP contribution in [0.3, 0.4) is 0 Å². The Morgan fingerprint density at radius 2 is 2.31 bits per heavy atom. The largest absolute Gasteiger partial charge is 1.00 e. The fraction of sp³-hybridized carbons (Fsp3) is 0.500. The van der Waals surface area contributed by atoms with E-state index in [0.29, 0.717) is 0 Å². The number of carbonyl (C=O) groups is 1. The van der Waals surface area contributed by atoms with Crippen LogP contribution in [0, 0.1) is 5.41 Å². The minimum Gasteiger partial charge on any atom is -0.861 e. The molecule has 0 aromatic heterocycles. The van der Waals surface area contributed by atoms with Gasteiger partial charge in [-0.25, -0.2) is 4.79 Å². The van der Waals surface area contributed by atoms with Crippen LogP contribution in [0.5, 0.6) is 0 Å². The van der Waals surface area contributed by atoms with Crippen molar-refractivity contribution in [2.24, 2.45) is 4.99 Å². The first-order chi connectivity index (χ1) is 5.46. The van der Waals surface area contributed by atoms with E-state index in [4.69, 9.17) is 10.5 Å². The molecule has 2 unspecified atom stereocenters. The van der Waals surface area contributed by atoms with Crippen LogP contribution in [0.15, 0.2) is 4.99 Å². The number of hydrogen-bond donors (Lipinski definition) is 3. The van der Waals surface area contributed by atoms with Crippen molar-refractivity contribution in [1.29, 1.82) is 5.41 Å². The molecule has 3 N–H and O–H groups in total. The van der Waals surface area contributed by atoms with E-state index in [1.807, 2.05) is 0 Å². The summed E-state index contributed by atoms with van der Waals surface area (Å²) in [5, 5.41) is 34.7. The first-order valence-electron chi connectivity index (χ1n) is 3.21. The average Bonchev–Trinajstić information content (AvgIpc) is 2.33. The number of nitrogens with zero attached hydrogens (tertiary/aromatic N) is 1. The second-order valence-corrected chi connectivity index (χ2v) is 2.59. The van der Waals surface area contributed by atoms with E-state index in [-0.39, 0.29) is 57.8 Å². The molecular formula is C6H7KN2O4.